The van der Waals surface area contributed by atoms with Crippen molar-refractivity contribution in [1.82, 2.24) is 10.2 Å². The molecular weight excluding hydrogens is 414 g/mol. The lowest BCUT2D eigenvalue weighted by atomic mass is 10.2. The number of para-hydroxylation sites is 4. The maximum absolute atomic E-state index is 12.5. The van der Waals surface area contributed by atoms with E-state index in [9.17, 15) is 4.79 Å². The summed E-state index contributed by atoms with van der Waals surface area (Å²) in [6, 6.07) is 24.0. The van der Waals surface area contributed by atoms with Crippen molar-refractivity contribution in [3.8, 4) is 28.7 Å². The van der Waals surface area contributed by atoms with Crippen LogP contribution >= 0.6 is 11.8 Å². The number of rotatable bonds is 8. The van der Waals surface area contributed by atoms with Gasteiger partial charge in [-0.1, -0.05) is 54.2 Å². The molecule has 0 atom stereocenters. The van der Waals surface area contributed by atoms with Crippen molar-refractivity contribution in [3.63, 3.8) is 0 Å². The zero-order chi connectivity index (χ0) is 21.5. The molecule has 0 saturated carbocycles. The van der Waals surface area contributed by atoms with Crippen LogP contribution in [0.5, 0.6) is 17.2 Å². The maximum Gasteiger partial charge on any atom is 0.277 e. The molecule has 3 aromatic carbocycles. The van der Waals surface area contributed by atoms with Crippen LogP contribution in [0, 0.1) is 0 Å². The highest BCUT2D eigenvalue weighted by Crippen LogP contribution is 2.31. The monoisotopic (exact) mass is 433 g/mol. The van der Waals surface area contributed by atoms with Gasteiger partial charge in [-0.3, -0.25) is 4.79 Å². The molecule has 8 heteroatoms. The van der Waals surface area contributed by atoms with Gasteiger partial charge in [-0.25, -0.2) is 0 Å². The van der Waals surface area contributed by atoms with Crippen molar-refractivity contribution in [2.24, 2.45) is 0 Å². The van der Waals surface area contributed by atoms with Crippen LogP contribution in [0.25, 0.3) is 11.5 Å². The number of anilines is 1. The number of methoxy groups -OCH3 is 1. The summed E-state index contributed by atoms with van der Waals surface area (Å²) in [5, 5.41) is 11.2. The topological polar surface area (TPSA) is 86.5 Å². The third-order valence-corrected chi connectivity index (χ3v) is 5.02. The highest BCUT2D eigenvalue weighted by Gasteiger charge is 2.15. The lowest BCUT2D eigenvalue weighted by Crippen LogP contribution is -2.14. The van der Waals surface area contributed by atoms with Gasteiger partial charge in [0.25, 0.3) is 11.1 Å². The Hall–Kier alpha value is -3.78. The van der Waals surface area contributed by atoms with Crippen LogP contribution in [-0.2, 0) is 4.79 Å². The van der Waals surface area contributed by atoms with Crippen molar-refractivity contribution in [3.05, 3.63) is 78.9 Å². The van der Waals surface area contributed by atoms with Crippen LogP contribution in [0.3, 0.4) is 0 Å². The Morgan fingerprint density at radius 1 is 0.935 bits per heavy atom. The first-order valence-corrected chi connectivity index (χ1v) is 10.4. The van der Waals surface area contributed by atoms with E-state index in [2.05, 4.69) is 15.5 Å². The summed E-state index contributed by atoms with van der Waals surface area (Å²) in [6.07, 6.45) is 0. The number of aromatic nitrogens is 2. The van der Waals surface area contributed by atoms with E-state index in [1.54, 1.807) is 19.2 Å². The van der Waals surface area contributed by atoms with Gasteiger partial charge in [0, 0.05) is 0 Å². The number of carbonyl (C=O) groups is 1. The molecule has 4 rings (SSSR count). The van der Waals surface area contributed by atoms with Crippen LogP contribution in [0.1, 0.15) is 0 Å². The number of nitrogens with one attached hydrogen (secondary N) is 1. The normalized spacial score (nSPS) is 10.5. The molecule has 0 aliphatic rings. The van der Waals surface area contributed by atoms with E-state index in [1.165, 1.54) is 0 Å². The first-order chi connectivity index (χ1) is 15.2. The van der Waals surface area contributed by atoms with Gasteiger partial charge in [-0.15, -0.1) is 10.2 Å². The number of ether oxygens (including phenoxy) is 2. The third-order valence-electron chi connectivity index (χ3n) is 4.20. The zero-order valence-corrected chi connectivity index (χ0v) is 17.5. The Morgan fingerprint density at radius 3 is 2.45 bits per heavy atom. The number of benzene rings is 3. The average molecular weight is 433 g/mol. The summed E-state index contributed by atoms with van der Waals surface area (Å²) in [7, 11) is 1.58. The number of carbonyl (C=O) groups excluding carboxylic acids is 1. The first kappa shape index (κ1) is 20.5. The Balaban J connectivity index is 1.38. The largest absolute Gasteiger partial charge is 0.496 e. The third kappa shape index (κ3) is 5.23. The molecule has 4 aromatic rings. The number of hydrogen-bond acceptors (Lipinski definition) is 7. The van der Waals surface area contributed by atoms with E-state index >= 15 is 0 Å². The van der Waals surface area contributed by atoms with E-state index in [-0.39, 0.29) is 11.7 Å². The van der Waals surface area contributed by atoms with Gasteiger partial charge in [-0.05, 0) is 36.4 Å². The molecule has 0 radical (unpaired) electrons. The fourth-order valence-electron chi connectivity index (χ4n) is 2.79. The van der Waals surface area contributed by atoms with Gasteiger partial charge in [0.2, 0.25) is 5.91 Å². The molecule has 0 saturated heterocycles. The number of amides is 1. The lowest BCUT2D eigenvalue weighted by molar-refractivity contribution is -0.113. The fraction of sp³-hybridized carbons (Fsp3) is 0.0870. The minimum absolute atomic E-state index is 0.104. The Bertz CT molecular complexity index is 1160. The minimum Gasteiger partial charge on any atom is -0.496 e. The molecule has 1 aromatic heterocycles. The van der Waals surface area contributed by atoms with Gasteiger partial charge < -0.3 is 19.2 Å². The standard InChI is InChI=1S/C23H19N3O4S/c1-28-19-13-7-5-11-17(19)22-25-26-23(30-22)31-15-21(27)24-18-12-6-8-14-20(18)29-16-9-3-2-4-10-16/h2-14H,15H2,1H3,(H,24,27). The van der Waals surface area contributed by atoms with Crippen molar-refractivity contribution >= 4 is 23.4 Å². The van der Waals surface area contributed by atoms with E-state index < -0.39 is 0 Å². The second-order valence-corrected chi connectivity index (χ2v) is 7.25. The zero-order valence-electron chi connectivity index (χ0n) is 16.6. The molecule has 0 fully saturated rings. The highest BCUT2D eigenvalue weighted by atomic mass is 32.2. The molecule has 1 N–H and O–H groups in total. The SMILES string of the molecule is COc1ccccc1-c1nnc(SCC(=O)Nc2ccccc2Oc2ccccc2)o1. The summed E-state index contributed by atoms with van der Waals surface area (Å²) in [5.41, 5.74) is 1.28. The average Bonchev–Trinajstić information content (AvgIpc) is 3.29. The Labute approximate surface area is 183 Å². The summed E-state index contributed by atoms with van der Waals surface area (Å²) < 4.78 is 16.9. The summed E-state index contributed by atoms with van der Waals surface area (Å²) >= 11 is 1.15. The van der Waals surface area contributed by atoms with Gasteiger partial charge in [0.15, 0.2) is 5.75 Å². The molecule has 0 unspecified atom stereocenters. The lowest BCUT2D eigenvalue weighted by Gasteiger charge is -2.11. The fourth-order valence-corrected chi connectivity index (χ4v) is 3.35. The molecular formula is C23H19N3O4S. The van der Waals surface area contributed by atoms with Crippen molar-refractivity contribution in [2.75, 3.05) is 18.2 Å². The number of hydrogen-bond donors (Lipinski definition) is 1. The molecule has 7 nitrogen and oxygen atoms in total. The maximum atomic E-state index is 12.5. The smallest absolute Gasteiger partial charge is 0.277 e. The van der Waals surface area contributed by atoms with Gasteiger partial charge in [0.1, 0.15) is 11.5 Å². The van der Waals surface area contributed by atoms with Crippen LogP contribution in [0.15, 0.2) is 88.5 Å². The summed E-state index contributed by atoms with van der Waals surface area (Å²) in [6.45, 7) is 0. The number of nitrogens with zero attached hydrogens (tertiary/aromatic N) is 2. The van der Waals surface area contributed by atoms with Crippen LogP contribution in [0.2, 0.25) is 0 Å². The highest BCUT2D eigenvalue weighted by molar-refractivity contribution is 7.99. The van der Waals surface area contributed by atoms with E-state index in [4.69, 9.17) is 13.9 Å². The van der Waals surface area contributed by atoms with E-state index in [1.807, 2.05) is 66.7 Å². The second-order valence-electron chi connectivity index (χ2n) is 6.32. The quantitative estimate of drug-likeness (QED) is 0.379. The molecule has 0 spiro atoms. The molecule has 31 heavy (non-hydrogen) atoms. The van der Waals surface area contributed by atoms with Crippen LogP contribution in [0.4, 0.5) is 5.69 Å². The molecule has 0 aliphatic carbocycles. The Kier molecular flexibility index (Phi) is 6.49. The van der Waals surface area contributed by atoms with Crippen molar-refractivity contribution in [1.29, 1.82) is 0 Å². The Morgan fingerprint density at radius 2 is 1.65 bits per heavy atom. The molecule has 0 aliphatic heterocycles. The summed E-state index contributed by atoms with van der Waals surface area (Å²) in [4.78, 5) is 12.5. The van der Waals surface area contributed by atoms with Gasteiger partial charge >= 0.3 is 0 Å². The summed E-state index contributed by atoms with van der Waals surface area (Å²) in [5.74, 6) is 2.10. The number of thioether (sulfide) groups is 1. The first-order valence-electron chi connectivity index (χ1n) is 9.44. The predicted molar refractivity (Wildman–Crippen MR) is 119 cm³/mol. The minimum atomic E-state index is -0.217. The van der Waals surface area contributed by atoms with E-state index in [0.717, 1.165) is 11.8 Å². The van der Waals surface area contributed by atoms with Gasteiger partial charge in [-0.2, -0.15) is 0 Å². The molecule has 1 amide bonds. The van der Waals surface area contributed by atoms with Crippen LogP contribution in [-0.4, -0.2) is 29.0 Å². The van der Waals surface area contributed by atoms with Crippen molar-refractivity contribution in [2.45, 2.75) is 5.22 Å². The van der Waals surface area contributed by atoms with Crippen LogP contribution < -0.4 is 14.8 Å². The molecule has 0 bridgehead atoms. The van der Waals surface area contributed by atoms with Crippen molar-refractivity contribution < 1.29 is 18.7 Å². The molecule has 1 heterocycles. The molecule has 156 valence electrons. The predicted octanol–water partition coefficient (Wildman–Crippen LogP) is 5.27. The van der Waals surface area contributed by atoms with E-state index in [0.29, 0.717) is 39.6 Å². The van der Waals surface area contributed by atoms with Gasteiger partial charge in [0.05, 0.1) is 24.1 Å². The second kappa shape index (κ2) is 9.82.